The van der Waals surface area contributed by atoms with Gasteiger partial charge in [0, 0.05) is 56.3 Å². The smallest absolute Gasteiger partial charge is 0.328 e. The number of hydrogen-bond acceptors (Lipinski definition) is 10. The van der Waals surface area contributed by atoms with Crippen LogP contribution in [0.4, 0.5) is 0 Å². The zero-order valence-electron chi connectivity index (χ0n) is 34.8. The Balaban J connectivity index is 0.000000279. The maximum atomic E-state index is 12.6. The van der Waals surface area contributed by atoms with Crippen LogP contribution < -0.4 is 16.0 Å². The van der Waals surface area contributed by atoms with Gasteiger partial charge in [0.1, 0.15) is 17.7 Å². The lowest BCUT2D eigenvalue weighted by molar-refractivity contribution is -0.143. The molecule has 0 bridgehead atoms. The third-order valence-electron chi connectivity index (χ3n) is 10.7. The van der Waals surface area contributed by atoms with E-state index in [4.69, 9.17) is 51.1 Å². The predicted octanol–water partition coefficient (Wildman–Crippen LogP) is 7.08. The summed E-state index contributed by atoms with van der Waals surface area (Å²) in [6, 6.07) is 14.6. The minimum Gasteiger partial charge on any atom is -0.480 e. The summed E-state index contributed by atoms with van der Waals surface area (Å²) in [5, 5.41) is 28.7. The number of esters is 1. The number of ether oxygens (including phenoxy) is 1. The first-order valence-corrected chi connectivity index (χ1v) is 21.5. The van der Waals surface area contributed by atoms with Crippen molar-refractivity contribution in [3.05, 3.63) is 139 Å². The molecule has 0 saturated heterocycles. The molecule has 3 amide bonds. The summed E-state index contributed by atoms with van der Waals surface area (Å²) in [5.74, 6) is -3.22. The molecule has 65 heavy (non-hydrogen) atoms. The van der Waals surface area contributed by atoms with Crippen LogP contribution in [0.5, 0.6) is 0 Å². The Morgan fingerprint density at radius 3 is 1.65 bits per heavy atom. The van der Waals surface area contributed by atoms with Crippen LogP contribution in [-0.4, -0.2) is 106 Å². The number of hydrogen-bond donors (Lipinski definition) is 5. The number of carboxylic acid groups (broad SMARTS) is 1. The van der Waals surface area contributed by atoms with Gasteiger partial charge in [-0.25, -0.2) is 9.59 Å². The van der Waals surface area contributed by atoms with Crippen LogP contribution in [-0.2, 0) is 32.0 Å². The van der Waals surface area contributed by atoms with Crippen LogP contribution in [0.1, 0.15) is 68.9 Å². The zero-order chi connectivity index (χ0) is 45.3. The average Bonchev–Trinajstić information content (AvgIpc) is 4.04. The largest absolute Gasteiger partial charge is 0.480 e. The van der Waals surface area contributed by atoms with Gasteiger partial charge in [0.05, 0.1) is 38.3 Å². The number of carbonyl (C=O) groups excluding carboxylic acids is 4. The number of rotatable bonds is 13. The number of nitrogens with zero attached hydrogens (tertiary/aromatic N) is 3. The fraction of sp³-hybridized carbons (Fsp3) is 0.311. The van der Waals surface area contributed by atoms with Crippen molar-refractivity contribution >= 4 is 112 Å². The second kappa shape index (κ2) is 24.1. The Kier molecular flexibility index (Phi) is 19.6. The van der Waals surface area contributed by atoms with Crippen molar-refractivity contribution in [3.8, 4) is 0 Å². The predicted molar refractivity (Wildman–Crippen MR) is 254 cm³/mol. The van der Waals surface area contributed by atoms with Gasteiger partial charge < -0.3 is 35.8 Å². The Labute approximate surface area is 407 Å². The highest BCUT2D eigenvalue weighted by molar-refractivity contribution is 6.40. The molecule has 0 radical (unpaired) electrons. The minimum atomic E-state index is -1.22. The molecule has 2 aromatic carbocycles. The number of carboxylic acids is 1. The monoisotopic (exact) mass is 1010 g/mol. The van der Waals surface area contributed by atoms with Gasteiger partial charge in [0.25, 0.3) is 17.7 Å². The number of aromatic nitrogens is 2. The van der Waals surface area contributed by atoms with Crippen LogP contribution in [0.25, 0.3) is 11.1 Å². The second-order valence-corrected chi connectivity index (χ2v) is 16.7. The highest BCUT2D eigenvalue weighted by atomic mass is 35.5. The van der Waals surface area contributed by atoms with Gasteiger partial charge in [0.15, 0.2) is 0 Å². The summed E-state index contributed by atoms with van der Waals surface area (Å²) in [4.78, 5) is 71.9. The number of nitrogens with one attached hydrogen (secondary N) is 3. The lowest BCUT2D eigenvalue weighted by Gasteiger charge is -2.28. The Bertz CT molecular complexity index is 2390. The fourth-order valence-corrected chi connectivity index (χ4v) is 8.08. The molecule has 2 atom stereocenters. The van der Waals surface area contributed by atoms with Gasteiger partial charge in [-0.1, -0.05) is 82.8 Å². The van der Waals surface area contributed by atoms with E-state index in [0.717, 1.165) is 36.2 Å². The Morgan fingerprint density at radius 1 is 0.754 bits per heavy atom. The van der Waals surface area contributed by atoms with Crippen molar-refractivity contribution in [2.24, 2.45) is 0 Å². The van der Waals surface area contributed by atoms with E-state index in [1.165, 1.54) is 24.8 Å². The van der Waals surface area contributed by atoms with Crippen molar-refractivity contribution < 1.29 is 38.9 Å². The molecular weight excluding hydrogens is 965 g/mol. The van der Waals surface area contributed by atoms with Crippen molar-refractivity contribution in [1.29, 1.82) is 0 Å². The molecule has 14 nitrogen and oxygen atoms in total. The molecule has 4 heterocycles. The van der Waals surface area contributed by atoms with Crippen molar-refractivity contribution in [3.63, 3.8) is 0 Å². The summed E-state index contributed by atoms with van der Waals surface area (Å²) in [6.07, 6.45) is 10.3. The van der Waals surface area contributed by atoms with Crippen LogP contribution in [0.15, 0.2) is 85.2 Å². The summed E-state index contributed by atoms with van der Waals surface area (Å²) in [5.41, 5.74) is 4.32. The van der Waals surface area contributed by atoms with Crippen LogP contribution in [0.2, 0.25) is 20.1 Å². The van der Waals surface area contributed by atoms with Gasteiger partial charge in [-0.05, 0) is 90.9 Å². The SMILES string of the molecule is COC(=O)[C@H](Cc1ccc(C2=CCNCC2)cn1)NC(=O)c1c(Cl)cccc1Cl.Cl.Cl.O=C(N[C@@H](Cc1ccc(C2=CCN(C(=O)C3(O)CC3)CC2)cn1)C(=O)O)c1c(Cl)cccc1Cl. The van der Waals surface area contributed by atoms with Crippen LogP contribution in [0, 0.1) is 0 Å². The molecule has 3 aliphatic rings. The van der Waals surface area contributed by atoms with Gasteiger partial charge in [-0.15, -0.1) is 24.8 Å². The molecule has 0 unspecified atom stereocenters. The maximum absolute atomic E-state index is 12.6. The molecule has 4 aromatic rings. The van der Waals surface area contributed by atoms with E-state index in [1.54, 1.807) is 47.6 Å². The lowest BCUT2D eigenvalue weighted by Crippen LogP contribution is -2.43. The zero-order valence-corrected chi connectivity index (χ0v) is 39.5. The number of benzene rings is 2. The third-order valence-corrected chi connectivity index (χ3v) is 11.9. The third kappa shape index (κ3) is 13.9. The normalized spacial score (nSPS) is 15.7. The van der Waals surface area contributed by atoms with Crippen molar-refractivity contribution in [2.45, 2.75) is 56.2 Å². The van der Waals surface area contributed by atoms with Crippen molar-refractivity contribution in [1.82, 2.24) is 30.8 Å². The molecule has 7 rings (SSSR count). The standard InChI is InChI=1S/C24H23Cl2N3O5.C21H21Cl2N3O3.2ClH/c25-17-2-1-3-18(26)20(17)21(30)28-19(22(31)32)12-16-5-4-15(13-27-16)14-6-10-29(11-7-14)23(33)24(34)8-9-24;1-29-21(28)18(26-20(27)19-16(22)3-2-4-17(19)23)11-15-6-5-14(12-25-15)13-7-9-24-10-8-13;;/h1-6,13,19,34H,7-12H2,(H,28,30)(H,31,32);2-7,12,18,24H,8-11H2,1H3,(H,26,27);2*1H/t19-;18-;;/m00../s1. The van der Waals surface area contributed by atoms with Gasteiger partial charge in [0.2, 0.25) is 0 Å². The fourth-order valence-electron chi connectivity index (χ4n) is 6.94. The number of amides is 3. The van der Waals surface area contributed by atoms with E-state index < -0.39 is 41.4 Å². The van der Waals surface area contributed by atoms with Gasteiger partial charge >= 0.3 is 11.9 Å². The molecule has 1 aliphatic carbocycles. The first kappa shape index (κ1) is 52.9. The molecule has 1 fully saturated rings. The van der Waals surface area contributed by atoms with E-state index in [-0.39, 0.29) is 74.8 Å². The summed E-state index contributed by atoms with van der Waals surface area (Å²) >= 11 is 24.3. The van der Waals surface area contributed by atoms with Crippen LogP contribution >= 0.6 is 71.2 Å². The first-order valence-electron chi connectivity index (χ1n) is 20.0. The van der Waals surface area contributed by atoms with E-state index in [2.05, 4.69) is 32.0 Å². The molecule has 2 aromatic heterocycles. The maximum Gasteiger partial charge on any atom is 0.328 e. The van der Waals surface area contributed by atoms with Gasteiger partial charge in [-0.3, -0.25) is 24.4 Å². The second-order valence-electron chi connectivity index (χ2n) is 15.0. The number of pyridine rings is 2. The minimum absolute atomic E-state index is 0. The molecule has 346 valence electrons. The Morgan fingerprint density at radius 2 is 1.25 bits per heavy atom. The van der Waals surface area contributed by atoms with Crippen LogP contribution in [0.3, 0.4) is 0 Å². The molecule has 2 aliphatic heterocycles. The quantitative estimate of drug-likeness (QED) is 0.0858. The van der Waals surface area contributed by atoms with E-state index in [0.29, 0.717) is 43.7 Å². The van der Waals surface area contributed by atoms with E-state index in [1.807, 2.05) is 24.3 Å². The van der Waals surface area contributed by atoms with E-state index >= 15 is 0 Å². The summed E-state index contributed by atoms with van der Waals surface area (Å²) in [6.45, 7) is 2.73. The molecular formula is C45H46Cl6N6O8. The molecule has 20 heteroatoms. The average molecular weight is 1010 g/mol. The Hall–Kier alpha value is -4.77. The number of aliphatic hydroxyl groups is 1. The van der Waals surface area contributed by atoms with Crippen molar-refractivity contribution in [2.75, 3.05) is 33.3 Å². The number of aliphatic carboxylic acids is 1. The number of halogens is 6. The first-order chi connectivity index (χ1) is 30.2. The highest BCUT2D eigenvalue weighted by Gasteiger charge is 2.50. The number of methoxy groups -OCH3 is 1. The topological polar surface area (TPSA) is 200 Å². The lowest BCUT2D eigenvalue weighted by atomic mass is 9.99. The molecule has 5 N–H and O–H groups in total. The summed E-state index contributed by atoms with van der Waals surface area (Å²) < 4.78 is 4.84. The van der Waals surface area contributed by atoms with E-state index in [9.17, 15) is 34.2 Å². The molecule has 1 saturated carbocycles. The highest BCUT2D eigenvalue weighted by Crippen LogP contribution is 2.38. The van der Waals surface area contributed by atoms with Gasteiger partial charge in [-0.2, -0.15) is 0 Å². The number of carbonyl (C=O) groups is 5. The summed E-state index contributed by atoms with van der Waals surface area (Å²) in [7, 11) is 1.27. The molecule has 0 spiro atoms.